The molecule has 1 aliphatic carbocycles. The molecule has 78 valence electrons. The van der Waals surface area contributed by atoms with Gasteiger partial charge in [0.05, 0.1) is 5.41 Å². The van der Waals surface area contributed by atoms with Gasteiger partial charge in [0.1, 0.15) is 0 Å². The lowest BCUT2D eigenvalue weighted by atomic mass is 9.80. The molecule has 3 rings (SSSR count). The summed E-state index contributed by atoms with van der Waals surface area (Å²) in [6, 6.07) is 8.04. The lowest BCUT2D eigenvalue weighted by molar-refractivity contribution is -0.120. The predicted octanol–water partition coefficient (Wildman–Crippen LogP) is 2.82. The summed E-state index contributed by atoms with van der Waals surface area (Å²) in [5, 5.41) is 2.99. The van der Waals surface area contributed by atoms with Gasteiger partial charge >= 0.3 is 0 Å². The first-order valence-corrected chi connectivity index (χ1v) is 6.22. The number of hydrogen-bond donors (Lipinski definition) is 1. The van der Waals surface area contributed by atoms with E-state index >= 15 is 0 Å². The molecule has 2 nitrogen and oxygen atoms in total. The van der Waals surface area contributed by atoms with Crippen LogP contribution in [0.15, 0.2) is 24.3 Å². The van der Waals surface area contributed by atoms with Crippen LogP contribution in [0.5, 0.6) is 0 Å². The van der Waals surface area contributed by atoms with E-state index in [0.717, 1.165) is 24.9 Å². The fraction of sp³-hybridized carbons (Fsp3) is 0.417. The third kappa shape index (κ3) is 1.07. The molecule has 1 fully saturated rings. The van der Waals surface area contributed by atoms with Gasteiger partial charge in [-0.15, -0.1) is 0 Å². The third-order valence-corrected chi connectivity index (χ3v) is 4.86. The van der Waals surface area contributed by atoms with Crippen LogP contribution in [0, 0.1) is 0 Å². The highest BCUT2D eigenvalue weighted by molar-refractivity contribution is 9.09. The molecule has 0 radical (unpaired) electrons. The van der Waals surface area contributed by atoms with Crippen molar-refractivity contribution in [2.45, 2.75) is 29.5 Å². The van der Waals surface area contributed by atoms with E-state index in [1.54, 1.807) is 0 Å². The number of fused-ring (bicyclic) bond motifs is 2. The minimum atomic E-state index is -0.295. The topological polar surface area (TPSA) is 29.1 Å². The van der Waals surface area contributed by atoms with Crippen molar-refractivity contribution < 1.29 is 4.79 Å². The average Bonchev–Trinajstić information content (AvgIpc) is 2.74. The van der Waals surface area contributed by atoms with Crippen LogP contribution in [-0.4, -0.2) is 10.7 Å². The molecule has 0 saturated heterocycles. The quantitative estimate of drug-likeness (QED) is 0.719. The SMILES string of the molecule is O=C1Nc2ccccc2C12CCCC2Br. The van der Waals surface area contributed by atoms with Crippen LogP contribution in [0.25, 0.3) is 0 Å². The van der Waals surface area contributed by atoms with Gasteiger partial charge in [0, 0.05) is 10.5 Å². The number of alkyl halides is 1. The fourth-order valence-corrected chi connectivity index (χ4v) is 3.87. The Morgan fingerprint density at radius 1 is 1.40 bits per heavy atom. The second kappa shape index (κ2) is 3.08. The van der Waals surface area contributed by atoms with Gasteiger partial charge < -0.3 is 5.32 Å². The Hall–Kier alpha value is -0.830. The molecule has 1 aromatic carbocycles. The number of anilines is 1. The minimum Gasteiger partial charge on any atom is -0.325 e. The number of carbonyl (C=O) groups is 1. The summed E-state index contributed by atoms with van der Waals surface area (Å²) in [5.74, 6) is 0.170. The predicted molar refractivity (Wildman–Crippen MR) is 63.3 cm³/mol. The molecule has 1 spiro atoms. The van der Waals surface area contributed by atoms with Crippen LogP contribution in [-0.2, 0) is 10.2 Å². The summed E-state index contributed by atoms with van der Waals surface area (Å²) in [7, 11) is 0. The summed E-state index contributed by atoms with van der Waals surface area (Å²) in [4.78, 5) is 12.4. The lowest BCUT2D eigenvalue weighted by Gasteiger charge is -2.25. The number of para-hydroxylation sites is 1. The maximum absolute atomic E-state index is 12.1. The van der Waals surface area contributed by atoms with E-state index in [1.807, 2.05) is 18.2 Å². The number of rotatable bonds is 0. The minimum absolute atomic E-state index is 0.170. The highest BCUT2D eigenvalue weighted by Gasteiger charge is 2.53. The zero-order valence-electron chi connectivity index (χ0n) is 8.29. The molecule has 1 aromatic rings. The summed E-state index contributed by atoms with van der Waals surface area (Å²) >= 11 is 3.67. The average molecular weight is 266 g/mol. The fourth-order valence-electron chi connectivity index (χ4n) is 2.86. The Balaban J connectivity index is 2.21. The van der Waals surface area contributed by atoms with Gasteiger partial charge in [-0.05, 0) is 24.5 Å². The normalized spacial score (nSPS) is 33.1. The van der Waals surface area contributed by atoms with Gasteiger partial charge in [0.25, 0.3) is 0 Å². The van der Waals surface area contributed by atoms with Gasteiger partial charge in [-0.25, -0.2) is 0 Å². The summed E-state index contributed by atoms with van der Waals surface area (Å²) in [6.45, 7) is 0. The molecule has 0 bridgehead atoms. The first-order valence-electron chi connectivity index (χ1n) is 5.30. The van der Waals surface area contributed by atoms with Crippen LogP contribution in [0.2, 0.25) is 0 Å². The van der Waals surface area contributed by atoms with Gasteiger partial charge in [0.2, 0.25) is 5.91 Å². The number of halogens is 1. The van der Waals surface area contributed by atoms with Crippen LogP contribution in [0.3, 0.4) is 0 Å². The molecule has 0 aromatic heterocycles. The maximum atomic E-state index is 12.1. The van der Waals surface area contributed by atoms with Gasteiger partial charge in [-0.3, -0.25) is 4.79 Å². The van der Waals surface area contributed by atoms with E-state index in [2.05, 4.69) is 27.3 Å². The van der Waals surface area contributed by atoms with Crippen molar-refractivity contribution in [3.8, 4) is 0 Å². The van der Waals surface area contributed by atoms with Crippen molar-refractivity contribution in [3.05, 3.63) is 29.8 Å². The van der Waals surface area contributed by atoms with Crippen molar-refractivity contribution in [3.63, 3.8) is 0 Å². The van der Waals surface area contributed by atoms with E-state index in [1.165, 1.54) is 5.56 Å². The number of nitrogens with one attached hydrogen (secondary N) is 1. The van der Waals surface area contributed by atoms with Crippen molar-refractivity contribution in [1.29, 1.82) is 0 Å². The zero-order valence-corrected chi connectivity index (χ0v) is 9.88. The first kappa shape index (κ1) is 9.40. The summed E-state index contributed by atoms with van der Waals surface area (Å²) in [5.41, 5.74) is 1.87. The van der Waals surface area contributed by atoms with Gasteiger partial charge in [-0.2, -0.15) is 0 Å². The Morgan fingerprint density at radius 2 is 2.20 bits per heavy atom. The summed E-state index contributed by atoms with van der Waals surface area (Å²) < 4.78 is 0. The Kier molecular flexibility index (Phi) is 1.93. The monoisotopic (exact) mass is 265 g/mol. The first-order chi connectivity index (χ1) is 7.25. The van der Waals surface area contributed by atoms with E-state index < -0.39 is 0 Å². The van der Waals surface area contributed by atoms with Crippen LogP contribution in [0.4, 0.5) is 5.69 Å². The third-order valence-electron chi connectivity index (χ3n) is 3.62. The van der Waals surface area contributed by atoms with Crippen molar-refractivity contribution >= 4 is 27.5 Å². The van der Waals surface area contributed by atoms with Crippen molar-refractivity contribution in [1.82, 2.24) is 0 Å². The smallest absolute Gasteiger partial charge is 0.236 e. The lowest BCUT2D eigenvalue weighted by Crippen LogP contribution is -2.38. The number of benzene rings is 1. The molecule has 2 unspecified atom stereocenters. The molecule has 1 saturated carbocycles. The van der Waals surface area contributed by atoms with Crippen LogP contribution in [0.1, 0.15) is 24.8 Å². The zero-order chi connectivity index (χ0) is 10.5. The Morgan fingerprint density at radius 3 is 2.93 bits per heavy atom. The molecule has 2 atom stereocenters. The molecule has 1 heterocycles. The summed E-state index contributed by atoms with van der Waals surface area (Å²) in [6.07, 6.45) is 3.17. The standard InChI is InChI=1S/C12H12BrNO/c13-10-6-3-7-12(10)8-4-1-2-5-9(8)14-11(12)15/h1-2,4-5,10H,3,6-7H2,(H,14,15). The van der Waals surface area contributed by atoms with E-state index in [-0.39, 0.29) is 16.1 Å². The largest absolute Gasteiger partial charge is 0.325 e. The van der Waals surface area contributed by atoms with Crippen LogP contribution < -0.4 is 5.32 Å². The van der Waals surface area contributed by atoms with Crippen molar-refractivity contribution in [2.24, 2.45) is 0 Å². The highest BCUT2D eigenvalue weighted by Crippen LogP contribution is 2.51. The van der Waals surface area contributed by atoms with Crippen LogP contribution >= 0.6 is 15.9 Å². The molecule has 2 aliphatic rings. The molecule has 1 aliphatic heterocycles. The molecule has 1 amide bonds. The molecule has 15 heavy (non-hydrogen) atoms. The second-order valence-corrected chi connectivity index (χ2v) is 5.44. The molecular formula is C12H12BrNO. The van der Waals surface area contributed by atoms with E-state index in [0.29, 0.717) is 0 Å². The number of hydrogen-bond acceptors (Lipinski definition) is 1. The Bertz CT molecular complexity index is 431. The highest BCUT2D eigenvalue weighted by atomic mass is 79.9. The molecular weight excluding hydrogens is 254 g/mol. The van der Waals surface area contributed by atoms with Gasteiger partial charge in [0.15, 0.2) is 0 Å². The second-order valence-electron chi connectivity index (χ2n) is 4.33. The van der Waals surface area contributed by atoms with Crippen molar-refractivity contribution in [2.75, 3.05) is 5.32 Å². The number of carbonyl (C=O) groups excluding carboxylic acids is 1. The van der Waals surface area contributed by atoms with E-state index in [4.69, 9.17) is 0 Å². The number of amides is 1. The van der Waals surface area contributed by atoms with Gasteiger partial charge in [-0.1, -0.05) is 40.5 Å². The maximum Gasteiger partial charge on any atom is 0.236 e. The Labute approximate surface area is 97.2 Å². The van der Waals surface area contributed by atoms with E-state index in [9.17, 15) is 4.79 Å². The molecule has 1 N–H and O–H groups in total. The molecule has 3 heteroatoms.